The summed E-state index contributed by atoms with van der Waals surface area (Å²) in [7, 11) is 0. The standard InChI is InChI=1S/C18H17BrN2O2S2/c1-18(16(23)20-9-10-22,12-5-3-2-4-6-12)25-17-21-14-11-13(19)7-8-15(14)24-17/h2-8,11,22H,9-10H2,1H3,(H,20,23). The van der Waals surface area contributed by atoms with Gasteiger partial charge < -0.3 is 10.4 Å². The number of thioether (sulfide) groups is 1. The van der Waals surface area contributed by atoms with Crippen LogP contribution in [0.4, 0.5) is 0 Å². The number of carbonyl (C=O) groups excluding carboxylic acids is 1. The van der Waals surface area contributed by atoms with E-state index >= 15 is 0 Å². The SMILES string of the molecule is CC(Sc1nc2cc(Br)ccc2s1)(C(=O)NCCO)c1ccccc1. The Kier molecular flexibility index (Phi) is 5.78. The molecule has 1 atom stereocenters. The molecule has 0 aliphatic carbocycles. The fourth-order valence-electron chi connectivity index (χ4n) is 2.43. The van der Waals surface area contributed by atoms with Gasteiger partial charge in [0.1, 0.15) is 4.75 Å². The van der Waals surface area contributed by atoms with Gasteiger partial charge in [0, 0.05) is 11.0 Å². The van der Waals surface area contributed by atoms with Crippen molar-refractivity contribution in [1.82, 2.24) is 10.3 Å². The minimum atomic E-state index is -0.832. The lowest BCUT2D eigenvalue weighted by atomic mass is 9.99. The van der Waals surface area contributed by atoms with E-state index < -0.39 is 4.75 Å². The molecule has 0 aliphatic rings. The minimum absolute atomic E-state index is 0.0869. The van der Waals surface area contributed by atoms with Gasteiger partial charge in [0.05, 0.1) is 16.8 Å². The number of fused-ring (bicyclic) bond motifs is 1. The number of hydrogen-bond donors (Lipinski definition) is 2. The normalized spacial score (nSPS) is 13.6. The molecule has 0 aliphatic heterocycles. The second-order valence-corrected chi connectivity index (χ2v) is 9.18. The monoisotopic (exact) mass is 436 g/mol. The average Bonchev–Trinajstić information content (AvgIpc) is 3.01. The molecule has 0 spiro atoms. The van der Waals surface area contributed by atoms with E-state index in [0.29, 0.717) is 0 Å². The molecule has 2 N–H and O–H groups in total. The van der Waals surface area contributed by atoms with E-state index in [1.807, 2.05) is 55.5 Å². The van der Waals surface area contributed by atoms with Crippen LogP contribution in [0, 0.1) is 0 Å². The van der Waals surface area contributed by atoms with Crippen LogP contribution in [-0.4, -0.2) is 29.1 Å². The molecule has 1 aromatic heterocycles. The maximum atomic E-state index is 12.8. The summed E-state index contributed by atoms with van der Waals surface area (Å²) in [6, 6.07) is 15.6. The number of carbonyl (C=O) groups is 1. The topological polar surface area (TPSA) is 62.2 Å². The maximum Gasteiger partial charge on any atom is 0.241 e. The number of halogens is 1. The number of hydrogen-bond acceptors (Lipinski definition) is 5. The van der Waals surface area contributed by atoms with Crippen molar-refractivity contribution in [1.29, 1.82) is 0 Å². The van der Waals surface area contributed by atoms with Gasteiger partial charge >= 0.3 is 0 Å². The van der Waals surface area contributed by atoms with Crippen LogP contribution in [0.15, 0.2) is 57.3 Å². The van der Waals surface area contributed by atoms with Gasteiger partial charge in [-0.2, -0.15) is 0 Å². The van der Waals surface area contributed by atoms with Gasteiger partial charge in [0.25, 0.3) is 0 Å². The Bertz CT molecular complexity index is 885. The molecule has 2 aromatic carbocycles. The first kappa shape index (κ1) is 18.4. The highest BCUT2D eigenvalue weighted by molar-refractivity contribution is 9.10. The van der Waals surface area contributed by atoms with Gasteiger partial charge in [-0.15, -0.1) is 11.3 Å². The Morgan fingerprint density at radius 3 is 2.80 bits per heavy atom. The molecule has 0 fully saturated rings. The Balaban J connectivity index is 1.97. The highest BCUT2D eigenvalue weighted by atomic mass is 79.9. The van der Waals surface area contributed by atoms with Crippen molar-refractivity contribution in [3.8, 4) is 0 Å². The van der Waals surface area contributed by atoms with Crippen molar-refractivity contribution in [3.05, 3.63) is 58.6 Å². The lowest BCUT2D eigenvalue weighted by molar-refractivity contribution is -0.123. The van der Waals surface area contributed by atoms with Gasteiger partial charge in [-0.1, -0.05) is 58.0 Å². The fourth-order valence-corrected chi connectivity index (χ4v) is 5.30. The number of thiazole rings is 1. The molecule has 1 heterocycles. The smallest absolute Gasteiger partial charge is 0.241 e. The van der Waals surface area contributed by atoms with E-state index in [4.69, 9.17) is 5.11 Å². The third-order valence-electron chi connectivity index (χ3n) is 3.78. The Labute approximate surface area is 162 Å². The molecule has 0 radical (unpaired) electrons. The van der Waals surface area contributed by atoms with Crippen molar-refractivity contribution in [2.45, 2.75) is 16.0 Å². The summed E-state index contributed by atoms with van der Waals surface area (Å²) in [6.07, 6.45) is 0. The van der Waals surface area contributed by atoms with Crippen LogP contribution in [-0.2, 0) is 9.54 Å². The summed E-state index contributed by atoms with van der Waals surface area (Å²) in [5.41, 5.74) is 1.81. The predicted molar refractivity (Wildman–Crippen MR) is 107 cm³/mol. The van der Waals surface area contributed by atoms with Crippen LogP contribution in [0.3, 0.4) is 0 Å². The number of nitrogens with one attached hydrogen (secondary N) is 1. The number of benzene rings is 2. The summed E-state index contributed by atoms with van der Waals surface area (Å²) in [5, 5.41) is 11.8. The van der Waals surface area contributed by atoms with Crippen molar-refractivity contribution >= 4 is 55.2 Å². The van der Waals surface area contributed by atoms with Gasteiger partial charge in [-0.25, -0.2) is 4.98 Å². The second-order valence-electron chi connectivity index (χ2n) is 5.57. The van der Waals surface area contributed by atoms with Crippen molar-refractivity contribution in [2.75, 3.05) is 13.2 Å². The second kappa shape index (κ2) is 7.86. The van der Waals surface area contributed by atoms with Crippen LogP contribution in [0.5, 0.6) is 0 Å². The van der Waals surface area contributed by atoms with Gasteiger partial charge in [0.15, 0.2) is 4.34 Å². The van der Waals surface area contributed by atoms with Gasteiger partial charge in [0.2, 0.25) is 5.91 Å². The molecule has 0 bridgehead atoms. The highest BCUT2D eigenvalue weighted by Gasteiger charge is 2.37. The third-order valence-corrected chi connectivity index (χ3v) is 6.70. The van der Waals surface area contributed by atoms with E-state index in [-0.39, 0.29) is 19.1 Å². The molecule has 25 heavy (non-hydrogen) atoms. The molecule has 3 rings (SSSR count). The van der Waals surface area contributed by atoms with Crippen molar-refractivity contribution in [2.24, 2.45) is 0 Å². The molecule has 130 valence electrons. The first-order valence-corrected chi connectivity index (χ1v) is 10.2. The zero-order valence-corrected chi connectivity index (χ0v) is 16.7. The van der Waals surface area contributed by atoms with Crippen LogP contribution in [0.2, 0.25) is 0 Å². The predicted octanol–water partition coefficient (Wildman–Crippen LogP) is 4.17. The Hall–Kier alpha value is -1.41. The highest BCUT2D eigenvalue weighted by Crippen LogP contribution is 2.44. The lowest BCUT2D eigenvalue weighted by Crippen LogP contribution is -2.41. The third kappa shape index (κ3) is 4.06. The molecule has 0 saturated carbocycles. The molecule has 7 heteroatoms. The quantitative estimate of drug-likeness (QED) is 0.569. The zero-order valence-electron chi connectivity index (χ0n) is 13.5. The molecule has 0 saturated heterocycles. The summed E-state index contributed by atoms with van der Waals surface area (Å²) in [6.45, 7) is 2.03. The molecule has 4 nitrogen and oxygen atoms in total. The number of aliphatic hydroxyl groups is 1. The zero-order chi connectivity index (χ0) is 17.9. The van der Waals surface area contributed by atoms with E-state index in [1.54, 1.807) is 11.3 Å². The van der Waals surface area contributed by atoms with Crippen LogP contribution in [0.1, 0.15) is 12.5 Å². The van der Waals surface area contributed by atoms with Crippen molar-refractivity contribution < 1.29 is 9.90 Å². The van der Waals surface area contributed by atoms with Gasteiger partial charge in [-0.3, -0.25) is 4.79 Å². The number of aliphatic hydroxyl groups excluding tert-OH is 1. The first-order valence-electron chi connectivity index (χ1n) is 7.73. The van der Waals surface area contributed by atoms with E-state index in [2.05, 4.69) is 26.2 Å². The Morgan fingerprint density at radius 2 is 2.08 bits per heavy atom. The molecular formula is C18H17BrN2O2S2. The van der Waals surface area contributed by atoms with Crippen molar-refractivity contribution in [3.63, 3.8) is 0 Å². The summed E-state index contributed by atoms with van der Waals surface area (Å²) >= 11 is 6.46. The molecular weight excluding hydrogens is 420 g/mol. The average molecular weight is 437 g/mol. The number of amides is 1. The number of rotatable bonds is 6. The minimum Gasteiger partial charge on any atom is -0.395 e. The summed E-state index contributed by atoms with van der Waals surface area (Å²) in [5.74, 6) is -0.141. The maximum absolute atomic E-state index is 12.8. The first-order chi connectivity index (χ1) is 12.0. The molecule has 3 aromatic rings. The number of aromatic nitrogens is 1. The Morgan fingerprint density at radius 1 is 1.32 bits per heavy atom. The summed E-state index contributed by atoms with van der Waals surface area (Å²) in [4.78, 5) is 17.5. The van der Waals surface area contributed by atoms with Crippen LogP contribution >= 0.6 is 39.0 Å². The van der Waals surface area contributed by atoms with E-state index in [9.17, 15) is 4.79 Å². The fraction of sp³-hybridized carbons (Fsp3) is 0.222. The number of nitrogens with zero attached hydrogens (tertiary/aromatic N) is 1. The molecule has 1 amide bonds. The van der Waals surface area contributed by atoms with Gasteiger partial charge in [-0.05, 0) is 30.7 Å². The van der Waals surface area contributed by atoms with E-state index in [0.717, 1.165) is 24.6 Å². The van der Waals surface area contributed by atoms with Crippen LogP contribution in [0.25, 0.3) is 10.2 Å². The largest absolute Gasteiger partial charge is 0.395 e. The molecule has 1 unspecified atom stereocenters. The lowest BCUT2D eigenvalue weighted by Gasteiger charge is -2.27. The van der Waals surface area contributed by atoms with E-state index in [1.165, 1.54) is 11.8 Å². The van der Waals surface area contributed by atoms with Crippen LogP contribution < -0.4 is 5.32 Å². The summed E-state index contributed by atoms with van der Waals surface area (Å²) < 4.78 is 2.06.